The Labute approximate surface area is 118 Å². The highest BCUT2D eigenvalue weighted by Crippen LogP contribution is 2.30. The summed E-state index contributed by atoms with van der Waals surface area (Å²) >= 11 is 0. The van der Waals surface area contributed by atoms with Gasteiger partial charge in [0.15, 0.2) is 9.84 Å². The lowest BCUT2D eigenvalue weighted by atomic mass is 9.85. The van der Waals surface area contributed by atoms with E-state index in [2.05, 4.69) is 5.32 Å². The van der Waals surface area contributed by atoms with Gasteiger partial charge in [0, 0.05) is 12.3 Å². The average Bonchev–Trinajstić information content (AvgIpc) is 2.70. The Hall–Kier alpha value is -1.44. The molecule has 1 heterocycles. The van der Waals surface area contributed by atoms with E-state index in [-0.39, 0.29) is 23.1 Å². The van der Waals surface area contributed by atoms with Gasteiger partial charge < -0.3 is 15.8 Å². The molecule has 1 saturated heterocycles. The lowest BCUT2D eigenvalue weighted by Gasteiger charge is -2.25. The number of nitrogens with two attached hydrogens (primary N) is 1. The van der Waals surface area contributed by atoms with Gasteiger partial charge in [-0.15, -0.1) is 0 Å². The molecule has 0 radical (unpaired) electrons. The zero-order chi connectivity index (χ0) is 15.0. The first-order valence-electron chi connectivity index (χ1n) is 6.19. The molecule has 0 saturated carbocycles. The number of anilines is 1. The first kappa shape index (κ1) is 15.0. The minimum Gasteiger partial charge on any atom is -0.379 e. The van der Waals surface area contributed by atoms with E-state index < -0.39 is 21.3 Å². The number of carbonyl (C=O) groups is 1. The number of sulfone groups is 1. The zero-order valence-corrected chi connectivity index (χ0v) is 12.2. The van der Waals surface area contributed by atoms with Crippen molar-refractivity contribution in [3.8, 4) is 0 Å². The van der Waals surface area contributed by atoms with E-state index in [4.69, 9.17) is 10.5 Å². The lowest BCUT2D eigenvalue weighted by molar-refractivity contribution is -0.125. The first-order chi connectivity index (χ1) is 9.25. The Bertz CT molecular complexity index is 629. The fraction of sp³-hybridized carbons (Fsp3) is 0.462. The van der Waals surface area contributed by atoms with Gasteiger partial charge in [-0.3, -0.25) is 4.79 Å². The monoisotopic (exact) mass is 298 g/mol. The predicted molar refractivity (Wildman–Crippen MR) is 75.1 cm³/mol. The Balaban J connectivity index is 2.30. The molecule has 20 heavy (non-hydrogen) atoms. The molecule has 2 atom stereocenters. The van der Waals surface area contributed by atoms with Crippen molar-refractivity contribution in [2.24, 2.45) is 11.1 Å². The molecule has 0 aromatic heterocycles. The first-order valence-corrected chi connectivity index (χ1v) is 8.08. The summed E-state index contributed by atoms with van der Waals surface area (Å²) in [4.78, 5) is 12.4. The van der Waals surface area contributed by atoms with Crippen LogP contribution in [-0.4, -0.2) is 39.8 Å². The van der Waals surface area contributed by atoms with E-state index >= 15 is 0 Å². The van der Waals surface area contributed by atoms with Crippen LogP contribution in [0.5, 0.6) is 0 Å². The van der Waals surface area contributed by atoms with Gasteiger partial charge in [0.1, 0.15) is 0 Å². The summed E-state index contributed by atoms with van der Waals surface area (Å²) in [6, 6.07) is 5.88. The molecule has 6 nitrogen and oxygen atoms in total. The van der Waals surface area contributed by atoms with Crippen LogP contribution in [-0.2, 0) is 19.4 Å². The lowest BCUT2D eigenvalue weighted by Crippen LogP contribution is -2.47. The number of ether oxygens (including phenoxy) is 1. The Morgan fingerprint density at radius 2 is 2.10 bits per heavy atom. The van der Waals surface area contributed by atoms with Gasteiger partial charge in [-0.25, -0.2) is 8.42 Å². The third-order valence-corrected chi connectivity index (χ3v) is 4.73. The molecule has 7 heteroatoms. The third kappa shape index (κ3) is 2.70. The number of hydrogen-bond acceptors (Lipinski definition) is 5. The molecule has 1 aliphatic heterocycles. The van der Waals surface area contributed by atoms with E-state index in [9.17, 15) is 13.2 Å². The maximum absolute atomic E-state index is 12.4. The fourth-order valence-corrected chi connectivity index (χ4v) is 2.93. The summed E-state index contributed by atoms with van der Waals surface area (Å²) in [5.41, 5.74) is 5.30. The molecular formula is C13H18N2O4S. The van der Waals surface area contributed by atoms with Gasteiger partial charge in [0.05, 0.1) is 29.2 Å². The molecule has 2 unspecified atom stereocenters. The number of para-hydroxylation sites is 1. The molecule has 0 bridgehead atoms. The van der Waals surface area contributed by atoms with Crippen LogP contribution in [0, 0.1) is 5.41 Å². The minimum absolute atomic E-state index is 0.0874. The highest BCUT2D eigenvalue weighted by Gasteiger charge is 2.44. The van der Waals surface area contributed by atoms with E-state index in [1.165, 1.54) is 6.07 Å². The van der Waals surface area contributed by atoms with Crippen molar-refractivity contribution >= 4 is 21.4 Å². The number of rotatable bonds is 3. The Morgan fingerprint density at radius 3 is 2.65 bits per heavy atom. The highest BCUT2D eigenvalue weighted by atomic mass is 32.2. The second-order valence-corrected chi connectivity index (χ2v) is 7.25. The average molecular weight is 298 g/mol. The fourth-order valence-electron chi connectivity index (χ4n) is 2.08. The smallest absolute Gasteiger partial charge is 0.234 e. The van der Waals surface area contributed by atoms with Gasteiger partial charge in [0.2, 0.25) is 5.91 Å². The van der Waals surface area contributed by atoms with Crippen LogP contribution in [0.1, 0.15) is 6.92 Å². The number of nitrogens with one attached hydrogen (secondary N) is 1. The highest BCUT2D eigenvalue weighted by molar-refractivity contribution is 7.90. The van der Waals surface area contributed by atoms with Crippen molar-refractivity contribution in [3.05, 3.63) is 24.3 Å². The van der Waals surface area contributed by atoms with Crippen molar-refractivity contribution in [1.29, 1.82) is 0 Å². The molecule has 0 spiro atoms. The van der Waals surface area contributed by atoms with Gasteiger partial charge >= 0.3 is 0 Å². The third-order valence-electron chi connectivity index (χ3n) is 3.57. The van der Waals surface area contributed by atoms with Crippen LogP contribution in [0.3, 0.4) is 0 Å². The molecule has 2 rings (SSSR count). The van der Waals surface area contributed by atoms with Crippen LogP contribution < -0.4 is 11.1 Å². The number of carbonyl (C=O) groups excluding carboxylic acids is 1. The van der Waals surface area contributed by atoms with Crippen LogP contribution in [0.25, 0.3) is 0 Å². The Kier molecular flexibility index (Phi) is 3.86. The molecular weight excluding hydrogens is 280 g/mol. The zero-order valence-electron chi connectivity index (χ0n) is 11.4. The molecule has 1 aromatic carbocycles. The summed E-state index contributed by atoms with van der Waals surface area (Å²) in [5.74, 6) is -0.335. The van der Waals surface area contributed by atoms with Crippen molar-refractivity contribution < 1.29 is 17.9 Å². The SMILES string of the molecule is CC1(C(=O)Nc2ccccc2S(C)(=O)=O)COCC1N. The maximum atomic E-state index is 12.4. The van der Waals surface area contributed by atoms with Crippen LogP contribution in [0.4, 0.5) is 5.69 Å². The molecule has 0 aliphatic carbocycles. The van der Waals surface area contributed by atoms with Crippen LogP contribution >= 0.6 is 0 Å². The Morgan fingerprint density at radius 1 is 1.45 bits per heavy atom. The summed E-state index contributed by atoms with van der Waals surface area (Å²) < 4.78 is 28.6. The standard InChI is InChI=1S/C13H18N2O4S/c1-13(8-19-7-11(13)14)12(16)15-9-5-3-4-6-10(9)20(2,17)18/h3-6,11H,7-8,14H2,1-2H3,(H,15,16). The molecule has 3 N–H and O–H groups in total. The van der Waals surface area contributed by atoms with Gasteiger partial charge in [-0.2, -0.15) is 0 Å². The van der Waals surface area contributed by atoms with Crippen molar-refractivity contribution in [1.82, 2.24) is 0 Å². The maximum Gasteiger partial charge on any atom is 0.234 e. The number of benzene rings is 1. The van der Waals surface area contributed by atoms with Gasteiger partial charge in [-0.1, -0.05) is 12.1 Å². The molecule has 1 fully saturated rings. The van der Waals surface area contributed by atoms with E-state index in [1.807, 2.05) is 0 Å². The summed E-state index contributed by atoms with van der Waals surface area (Å²) in [5, 5.41) is 2.65. The minimum atomic E-state index is -3.41. The van der Waals surface area contributed by atoms with Crippen molar-refractivity contribution in [3.63, 3.8) is 0 Å². The molecule has 1 amide bonds. The second kappa shape index (κ2) is 5.16. The van der Waals surface area contributed by atoms with E-state index in [1.54, 1.807) is 25.1 Å². The van der Waals surface area contributed by atoms with E-state index in [0.717, 1.165) is 6.26 Å². The quantitative estimate of drug-likeness (QED) is 0.841. The normalized spacial score (nSPS) is 26.4. The molecule has 1 aliphatic rings. The van der Waals surface area contributed by atoms with Crippen molar-refractivity contribution in [2.45, 2.75) is 17.9 Å². The number of hydrogen-bond donors (Lipinski definition) is 2. The predicted octanol–water partition coefficient (Wildman–Crippen LogP) is 0.392. The van der Waals surface area contributed by atoms with Gasteiger partial charge in [-0.05, 0) is 19.1 Å². The molecule has 1 aromatic rings. The van der Waals surface area contributed by atoms with Crippen LogP contribution in [0.2, 0.25) is 0 Å². The summed E-state index contributed by atoms with van der Waals surface area (Å²) in [6.07, 6.45) is 1.10. The summed E-state index contributed by atoms with van der Waals surface area (Å²) in [6.45, 7) is 2.25. The van der Waals surface area contributed by atoms with Crippen LogP contribution in [0.15, 0.2) is 29.2 Å². The second-order valence-electron chi connectivity index (χ2n) is 5.26. The van der Waals surface area contributed by atoms with Crippen molar-refractivity contribution in [2.75, 3.05) is 24.8 Å². The van der Waals surface area contributed by atoms with Gasteiger partial charge in [0.25, 0.3) is 0 Å². The number of amides is 1. The van der Waals surface area contributed by atoms with E-state index in [0.29, 0.717) is 6.61 Å². The summed E-state index contributed by atoms with van der Waals surface area (Å²) in [7, 11) is -3.41. The molecule has 110 valence electrons. The largest absolute Gasteiger partial charge is 0.379 e. The topological polar surface area (TPSA) is 98.5 Å².